The third-order valence-corrected chi connectivity index (χ3v) is 4.34. The Hall–Kier alpha value is -3.59. The summed E-state index contributed by atoms with van der Waals surface area (Å²) in [6.45, 7) is 0. The number of benzene rings is 2. The Bertz CT molecular complexity index is 1010. The molecule has 2 aromatic carbocycles. The van der Waals surface area contributed by atoms with Crippen LogP contribution in [0.5, 0.6) is 11.5 Å². The number of hydrogen-bond acceptors (Lipinski definition) is 7. The van der Waals surface area contributed by atoms with Crippen LogP contribution in [0.15, 0.2) is 52.6 Å². The van der Waals surface area contributed by atoms with Crippen LogP contribution in [-0.4, -0.2) is 44.2 Å². The number of hydrazone groups is 1. The third-order valence-electron chi connectivity index (χ3n) is 4.11. The molecule has 0 radical (unpaired) electrons. The molecular weight excluding hydrogens is 410 g/mol. The van der Waals surface area contributed by atoms with Crippen LogP contribution in [0.3, 0.4) is 0 Å². The number of guanidine groups is 1. The van der Waals surface area contributed by atoms with Crippen molar-refractivity contribution in [3.05, 3.63) is 53.1 Å². The van der Waals surface area contributed by atoms with Gasteiger partial charge in [0.15, 0.2) is 11.5 Å². The lowest BCUT2D eigenvalue weighted by atomic mass is 10.2. The monoisotopic (exact) mass is 429 g/mol. The molecule has 0 saturated carbocycles. The van der Waals surface area contributed by atoms with Crippen molar-refractivity contribution in [2.45, 2.75) is 12.5 Å². The minimum atomic E-state index is -0.844. The number of halogens is 1. The van der Waals surface area contributed by atoms with Gasteiger partial charge in [-0.3, -0.25) is 14.9 Å². The van der Waals surface area contributed by atoms with Crippen LogP contribution in [0.1, 0.15) is 12.0 Å². The van der Waals surface area contributed by atoms with Crippen LogP contribution in [0, 0.1) is 0 Å². The Labute approximate surface area is 178 Å². The van der Waals surface area contributed by atoms with E-state index in [0.29, 0.717) is 22.2 Å². The number of aliphatic imine (C=N–C) groups is 1. The Morgan fingerprint density at radius 3 is 2.77 bits per heavy atom. The number of ether oxygens (including phenoxy) is 2. The van der Waals surface area contributed by atoms with Gasteiger partial charge in [0.1, 0.15) is 6.04 Å². The Morgan fingerprint density at radius 1 is 1.23 bits per heavy atom. The van der Waals surface area contributed by atoms with Crippen molar-refractivity contribution in [1.29, 1.82) is 0 Å². The highest BCUT2D eigenvalue weighted by Gasteiger charge is 2.28. The van der Waals surface area contributed by atoms with Crippen LogP contribution in [0.25, 0.3) is 0 Å². The van der Waals surface area contributed by atoms with E-state index in [0.717, 1.165) is 5.56 Å². The van der Waals surface area contributed by atoms with E-state index in [4.69, 9.17) is 21.1 Å². The predicted molar refractivity (Wildman–Crippen MR) is 114 cm³/mol. The second kappa shape index (κ2) is 9.75. The minimum absolute atomic E-state index is 0.108. The van der Waals surface area contributed by atoms with Crippen LogP contribution < -0.4 is 25.5 Å². The van der Waals surface area contributed by atoms with Gasteiger partial charge in [0.2, 0.25) is 11.9 Å². The molecule has 30 heavy (non-hydrogen) atoms. The molecule has 2 amide bonds. The minimum Gasteiger partial charge on any atom is -0.493 e. The van der Waals surface area contributed by atoms with Crippen molar-refractivity contribution < 1.29 is 19.1 Å². The van der Waals surface area contributed by atoms with Gasteiger partial charge in [0.25, 0.3) is 5.91 Å². The first-order valence-corrected chi connectivity index (χ1v) is 9.31. The smallest absolute Gasteiger partial charge is 0.252 e. The molecule has 1 heterocycles. The van der Waals surface area contributed by atoms with Gasteiger partial charge in [-0.2, -0.15) is 5.10 Å². The topological polar surface area (TPSA) is 113 Å². The molecule has 156 valence electrons. The molecule has 0 unspecified atom stereocenters. The fraction of sp³-hybridized carbons (Fsp3) is 0.200. The molecule has 0 fully saturated rings. The summed E-state index contributed by atoms with van der Waals surface area (Å²) in [7, 11) is 3.10. The second-order valence-corrected chi connectivity index (χ2v) is 6.67. The highest BCUT2D eigenvalue weighted by Crippen LogP contribution is 2.26. The lowest BCUT2D eigenvalue weighted by Crippen LogP contribution is -2.35. The molecule has 10 heteroatoms. The maximum Gasteiger partial charge on any atom is 0.252 e. The average Bonchev–Trinajstić information content (AvgIpc) is 3.06. The number of rotatable bonds is 7. The maximum absolute atomic E-state index is 12.2. The number of methoxy groups -OCH3 is 2. The van der Waals surface area contributed by atoms with E-state index in [2.05, 4.69) is 26.2 Å². The first-order valence-electron chi connectivity index (χ1n) is 8.93. The van der Waals surface area contributed by atoms with Gasteiger partial charge < -0.3 is 14.8 Å². The molecule has 0 aliphatic carbocycles. The molecule has 0 spiro atoms. The molecule has 3 rings (SSSR count). The normalized spacial score (nSPS) is 15.5. The Morgan fingerprint density at radius 2 is 2.03 bits per heavy atom. The lowest BCUT2D eigenvalue weighted by Gasteiger charge is -2.07. The van der Waals surface area contributed by atoms with Crippen molar-refractivity contribution in [2.24, 2.45) is 10.1 Å². The van der Waals surface area contributed by atoms with E-state index in [1.54, 1.807) is 56.7 Å². The Kier molecular flexibility index (Phi) is 6.87. The fourth-order valence-corrected chi connectivity index (χ4v) is 2.89. The van der Waals surface area contributed by atoms with E-state index in [-0.39, 0.29) is 24.2 Å². The zero-order chi connectivity index (χ0) is 21.5. The van der Waals surface area contributed by atoms with Crippen LogP contribution in [-0.2, 0) is 9.59 Å². The highest BCUT2D eigenvalue weighted by molar-refractivity contribution is 6.30. The molecule has 1 aliphatic heterocycles. The van der Waals surface area contributed by atoms with Gasteiger partial charge in [-0.05, 0) is 42.0 Å². The summed E-state index contributed by atoms with van der Waals surface area (Å²) in [5.74, 6) is 0.598. The van der Waals surface area contributed by atoms with E-state index >= 15 is 0 Å². The number of nitrogens with zero attached hydrogens (tertiary/aromatic N) is 2. The molecule has 1 aliphatic rings. The first kappa shape index (κ1) is 21.1. The number of nitrogens with one attached hydrogen (secondary N) is 3. The fourth-order valence-electron chi connectivity index (χ4n) is 2.70. The number of hydrogen-bond donors (Lipinski definition) is 3. The van der Waals surface area contributed by atoms with Gasteiger partial charge >= 0.3 is 0 Å². The number of anilines is 1. The van der Waals surface area contributed by atoms with Crippen LogP contribution in [0.2, 0.25) is 5.02 Å². The van der Waals surface area contributed by atoms with Crippen molar-refractivity contribution in [3.63, 3.8) is 0 Å². The molecule has 2 aromatic rings. The second-order valence-electron chi connectivity index (χ2n) is 6.23. The summed E-state index contributed by atoms with van der Waals surface area (Å²) >= 11 is 5.89. The Balaban J connectivity index is 1.56. The summed E-state index contributed by atoms with van der Waals surface area (Å²) in [5.41, 5.74) is 3.95. The van der Waals surface area contributed by atoms with Gasteiger partial charge in [0.05, 0.1) is 26.9 Å². The number of carbonyl (C=O) groups excluding carboxylic acids is 2. The summed E-state index contributed by atoms with van der Waals surface area (Å²) in [4.78, 5) is 28.4. The standard InChI is InChI=1S/C20H20ClN5O4/c1-29-16-7-6-12(8-17(16)30-2)11-22-26-20-24-15(19(28)25-20)10-18(27)23-14-5-3-4-13(21)9-14/h3-9,11,15H,10H2,1-2H3,(H,23,27)(H2,24,25,26,28)/b22-11-/t15-/m0/s1. The molecular formula is C20H20ClN5O4. The molecule has 0 saturated heterocycles. The zero-order valence-corrected chi connectivity index (χ0v) is 17.1. The van der Waals surface area contributed by atoms with Gasteiger partial charge in [0, 0.05) is 10.7 Å². The number of amides is 2. The molecule has 3 N–H and O–H groups in total. The third kappa shape index (κ3) is 5.48. The SMILES string of the molecule is COc1ccc(/C=N\NC2=N[C@@H](CC(=O)Nc3cccc(Cl)c3)C(=O)N2)cc1OC. The molecule has 0 bridgehead atoms. The largest absolute Gasteiger partial charge is 0.493 e. The first-order chi connectivity index (χ1) is 14.5. The molecule has 9 nitrogen and oxygen atoms in total. The van der Waals surface area contributed by atoms with Crippen molar-refractivity contribution in [2.75, 3.05) is 19.5 Å². The van der Waals surface area contributed by atoms with E-state index < -0.39 is 6.04 Å². The van der Waals surface area contributed by atoms with Crippen molar-refractivity contribution >= 4 is 41.3 Å². The summed E-state index contributed by atoms with van der Waals surface area (Å²) < 4.78 is 10.4. The van der Waals surface area contributed by atoms with Crippen LogP contribution >= 0.6 is 11.6 Å². The summed E-state index contributed by atoms with van der Waals surface area (Å²) in [6, 6.07) is 11.2. The quantitative estimate of drug-likeness (QED) is 0.461. The summed E-state index contributed by atoms with van der Waals surface area (Å²) in [6.07, 6.45) is 1.43. The highest BCUT2D eigenvalue weighted by atomic mass is 35.5. The number of carbonyl (C=O) groups is 2. The molecule has 1 atom stereocenters. The van der Waals surface area contributed by atoms with Crippen molar-refractivity contribution in [1.82, 2.24) is 10.7 Å². The summed E-state index contributed by atoms with van der Waals surface area (Å²) in [5, 5.41) is 9.79. The van der Waals surface area contributed by atoms with Crippen molar-refractivity contribution in [3.8, 4) is 11.5 Å². The van der Waals surface area contributed by atoms with E-state index in [1.165, 1.54) is 6.21 Å². The molecule has 0 aromatic heterocycles. The lowest BCUT2D eigenvalue weighted by molar-refractivity contribution is -0.123. The van der Waals surface area contributed by atoms with Crippen LogP contribution in [0.4, 0.5) is 5.69 Å². The average molecular weight is 430 g/mol. The van der Waals surface area contributed by atoms with E-state index in [1.807, 2.05) is 0 Å². The van der Waals surface area contributed by atoms with E-state index in [9.17, 15) is 9.59 Å². The van der Waals surface area contributed by atoms with Gasteiger partial charge in [-0.1, -0.05) is 17.7 Å². The zero-order valence-electron chi connectivity index (χ0n) is 16.3. The van der Waals surface area contributed by atoms with Gasteiger partial charge in [-0.25, -0.2) is 10.4 Å². The maximum atomic E-state index is 12.2. The van der Waals surface area contributed by atoms with Gasteiger partial charge in [-0.15, -0.1) is 0 Å². The predicted octanol–water partition coefficient (Wildman–Crippen LogP) is 2.16.